The zero-order valence-electron chi connectivity index (χ0n) is 10.5. The first-order chi connectivity index (χ1) is 9.95. The SMILES string of the molecule is NS(=O)(=O)c1ccc(-c2nc(-c3sccc3Br)cs2)cc1. The van der Waals surface area contributed by atoms with Gasteiger partial charge in [-0.2, -0.15) is 0 Å². The van der Waals surface area contributed by atoms with Gasteiger partial charge in [0.2, 0.25) is 10.0 Å². The molecule has 108 valence electrons. The van der Waals surface area contributed by atoms with Crippen LogP contribution in [0.2, 0.25) is 0 Å². The summed E-state index contributed by atoms with van der Waals surface area (Å²) in [5, 5.41) is 9.91. The van der Waals surface area contributed by atoms with Crippen LogP contribution >= 0.6 is 38.6 Å². The third-order valence-electron chi connectivity index (χ3n) is 2.78. The zero-order chi connectivity index (χ0) is 15.0. The third-order valence-corrected chi connectivity index (χ3v) is 6.46. The molecule has 1 aromatic carbocycles. The molecule has 0 spiro atoms. The van der Waals surface area contributed by atoms with E-state index in [9.17, 15) is 8.42 Å². The van der Waals surface area contributed by atoms with Gasteiger partial charge in [0.05, 0.1) is 15.5 Å². The van der Waals surface area contributed by atoms with E-state index < -0.39 is 10.0 Å². The van der Waals surface area contributed by atoms with E-state index in [1.807, 2.05) is 16.8 Å². The molecule has 0 aliphatic carbocycles. The smallest absolute Gasteiger partial charge is 0.235 e. The standard InChI is InChI=1S/C13H9BrN2O2S3/c14-10-5-6-19-12(10)11-7-20-13(16-11)8-1-3-9(4-2-8)21(15,17)18/h1-7H,(H2,15,17,18). The molecule has 0 saturated carbocycles. The minimum atomic E-state index is -3.66. The Labute approximate surface area is 138 Å². The minimum Gasteiger partial charge on any atom is -0.235 e. The Morgan fingerprint density at radius 1 is 1.10 bits per heavy atom. The Bertz CT molecular complexity index is 882. The lowest BCUT2D eigenvalue weighted by Crippen LogP contribution is -2.11. The number of halogens is 1. The highest BCUT2D eigenvalue weighted by Crippen LogP contribution is 2.36. The molecule has 0 fully saturated rings. The number of rotatable bonds is 3. The molecular formula is C13H9BrN2O2S3. The minimum absolute atomic E-state index is 0.101. The molecule has 0 atom stereocenters. The molecule has 3 rings (SSSR count). The average Bonchev–Trinajstić information content (AvgIpc) is 3.06. The molecule has 0 saturated heterocycles. The molecule has 8 heteroatoms. The maximum absolute atomic E-state index is 11.2. The number of thiazole rings is 1. The van der Waals surface area contributed by atoms with Gasteiger partial charge in [-0.15, -0.1) is 22.7 Å². The number of hydrogen-bond acceptors (Lipinski definition) is 5. The summed E-state index contributed by atoms with van der Waals surface area (Å²) in [6, 6.07) is 8.40. The Balaban J connectivity index is 1.95. The van der Waals surface area contributed by atoms with E-state index in [1.165, 1.54) is 23.5 Å². The van der Waals surface area contributed by atoms with E-state index in [-0.39, 0.29) is 4.90 Å². The third kappa shape index (κ3) is 3.09. The van der Waals surface area contributed by atoms with Crippen molar-refractivity contribution in [1.29, 1.82) is 0 Å². The molecule has 2 aromatic heterocycles. The average molecular weight is 401 g/mol. The van der Waals surface area contributed by atoms with Crippen LogP contribution < -0.4 is 5.14 Å². The number of sulfonamides is 1. The van der Waals surface area contributed by atoms with Gasteiger partial charge in [-0.1, -0.05) is 12.1 Å². The highest BCUT2D eigenvalue weighted by atomic mass is 79.9. The second kappa shape index (κ2) is 5.62. The van der Waals surface area contributed by atoms with Crippen molar-refractivity contribution in [2.75, 3.05) is 0 Å². The van der Waals surface area contributed by atoms with Gasteiger partial charge in [0.15, 0.2) is 0 Å². The number of nitrogens with zero attached hydrogens (tertiary/aromatic N) is 1. The molecule has 0 radical (unpaired) electrons. The van der Waals surface area contributed by atoms with Crippen LogP contribution in [0.25, 0.3) is 21.1 Å². The fourth-order valence-corrected chi connectivity index (χ4v) is 4.72. The van der Waals surface area contributed by atoms with E-state index in [0.717, 1.165) is 25.6 Å². The van der Waals surface area contributed by atoms with Crippen LogP contribution in [0.15, 0.2) is 50.5 Å². The molecule has 0 aliphatic heterocycles. The highest BCUT2D eigenvalue weighted by Gasteiger charge is 2.12. The van der Waals surface area contributed by atoms with Crippen molar-refractivity contribution in [3.05, 3.63) is 45.6 Å². The predicted molar refractivity (Wildman–Crippen MR) is 89.9 cm³/mol. The number of hydrogen-bond donors (Lipinski definition) is 1. The molecule has 3 aromatic rings. The topological polar surface area (TPSA) is 73.1 Å². The normalized spacial score (nSPS) is 11.7. The van der Waals surface area contributed by atoms with Gasteiger partial charge in [0.25, 0.3) is 0 Å². The Morgan fingerprint density at radius 3 is 2.38 bits per heavy atom. The second-order valence-electron chi connectivity index (χ2n) is 4.20. The molecule has 0 bridgehead atoms. The predicted octanol–water partition coefficient (Wildman–Crippen LogP) is 3.95. The summed E-state index contributed by atoms with van der Waals surface area (Å²) in [5.41, 5.74) is 1.78. The lowest BCUT2D eigenvalue weighted by atomic mass is 10.2. The summed E-state index contributed by atoms with van der Waals surface area (Å²) < 4.78 is 23.5. The lowest BCUT2D eigenvalue weighted by molar-refractivity contribution is 0.598. The fourth-order valence-electron chi connectivity index (χ4n) is 1.77. The largest absolute Gasteiger partial charge is 0.238 e. The monoisotopic (exact) mass is 400 g/mol. The zero-order valence-corrected chi connectivity index (χ0v) is 14.5. The summed E-state index contributed by atoms with van der Waals surface area (Å²) >= 11 is 6.63. The fraction of sp³-hybridized carbons (Fsp3) is 0. The van der Waals surface area contributed by atoms with Gasteiger partial charge in [0.1, 0.15) is 5.01 Å². The summed E-state index contributed by atoms with van der Waals surface area (Å²) in [4.78, 5) is 5.78. The van der Waals surface area contributed by atoms with Crippen LogP contribution in [-0.2, 0) is 10.0 Å². The van der Waals surface area contributed by atoms with Crippen molar-refractivity contribution in [2.45, 2.75) is 4.90 Å². The van der Waals surface area contributed by atoms with Crippen LogP contribution in [0.5, 0.6) is 0 Å². The molecule has 0 amide bonds. The first-order valence-electron chi connectivity index (χ1n) is 5.77. The number of nitrogens with two attached hydrogens (primary N) is 1. The Kier molecular flexibility index (Phi) is 3.98. The van der Waals surface area contributed by atoms with Gasteiger partial charge < -0.3 is 0 Å². The van der Waals surface area contributed by atoms with Crippen molar-refractivity contribution in [3.8, 4) is 21.1 Å². The molecule has 2 heterocycles. The quantitative estimate of drug-likeness (QED) is 0.722. The second-order valence-corrected chi connectivity index (χ2v) is 8.39. The molecule has 4 nitrogen and oxygen atoms in total. The van der Waals surface area contributed by atoms with Crippen molar-refractivity contribution < 1.29 is 8.42 Å². The van der Waals surface area contributed by atoms with Crippen molar-refractivity contribution in [3.63, 3.8) is 0 Å². The van der Waals surface area contributed by atoms with Crippen LogP contribution in [0.1, 0.15) is 0 Å². The van der Waals surface area contributed by atoms with Crippen LogP contribution in [0.3, 0.4) is 0 Å². The van der Waals surface area contributed by atoms with Crippen molar-refractivity contribution in [2.24, 2.45) is 5.14 Å². The molecule has 2 N–H and O–H groups in total. The van der Waals surface area contributed by atoms with Gasteiger partial charge in [-0.25, -0.2) is 18.5 Å². The molecular weight excluding hydrogens is 392 g/mol. The number of primary sulfonamides is 1. The van der Waals surface area contributed by atoms with E-state index in [1.54, 1.807) is 23.5 Å². The number of benzene rings is 1. The van der Waals surface area contributed by atoms with E-state index >= 15 is 0 Å². The highest BCUT2D eigenvalue weighted by molar-refractivity contribution is 9.10. The summed E-state index contributed by atoms with van der Waals surface area (Å²) in [7, 11) is -3.66. The maximum atomic E-state index is 11.2. The van der Waals surface area contributed by atoms with Crippen LogP contribution in [0.4, 0.5) is 0 Å². The first kappa shape index (κ1) is 14.9. The van der Waals surface area contributed by atoms with Gasteiger partial charge >= 0.3 is 0 Å². The van der Waals surface area contributed by atoms with E-state index in [2.05, 4.69) is 20.9 Å². The van der Waals surface area contributed by atoms with Crippen LogP contribution in [-0.4, -0.2) is 13.4 Å². The summed E-state index contributed by atoms with van der Waals surface area (Å²) in [5.74, 6) is 0. The van der Waals surface area contributed by atoms with Gasteiger partial charge in [-0.3, -0.25) is 0 Å². The Morgan fingerprint density at radius 2 is 1.81 bits per heavy atom. The lowest BCUT2D eigenvalue weighted by Gasteiger charge is -1.99. The molecule has 0 aliphatic rings. The number of aromatic nitrogens is 1. The van der Waals surface area contributed by atoms with Crippen LogP contribution in [0, 0.1) is 0 Å². The molecule has 21 heavy (non-hydrogen) atoms. The van der Waals surface area contributed by atoms with Gasteiger partial charge in [0, 0.05) is 15.4 Å². The summed E-state index contributed by atoms with van der Waals surface area (Å²) in [6.45, 7) is 0. The van der Waals surface area contributed by atoms with E-state index in [0.29, 0.717) is 0 Å². The molecule has 0 unspecified atom stereocenters. The summed E-state index contributed by atoms with van der Waals surface area (Å²) in [6.07, 6.45) is 0. The van der Waals surface area contributed by atoms with E-state index in [4.69, 9.17) is 5.14 Å². The maximum Gasteiger partial charge on any atom is 0.238 e. The Hall–Kier alpha value is -1.06. The van der Waals surface area contributed by atoms with Crippen molar-refractivity contribution in [1.82, 2.24) is 4.98 Å². The first-order valence-corrected chi connectivity index (χ1v) is 9.87. The van der Waals surface area contributed by atoms with Crippen molar-refractivity contribution >= 4 is 48.6 Å². The number of thiophene rings is 1. The van der Waals surface area contributed by atoms with Gasteiger partial charge in [-0.05, 0) is 39.5 Å².